The van der Waals surface area contributed by atoms with Crippen molar-refractivity contribution >= 4 is 0 Å². The summed E-state index contributed by atoms with van der Waals surface area (Å²) in [5, 5.41) is 0. The van der Waals surface area contributed by atoms with Crippen molar-refractivity contribution in [2.24, 2.45) is 11.1 Å². The SMILES string of the molecule is CC1(C)CCN(CCC(N)c2ccc(F)cc2)CC1. The van der Waals surface area contributed by atoms with E-state index >= 15 is 0 Å². The van der Waals surface area contributed by atoms with Gasteiger partial charge in [-0.05, 0) is 62.0 Å². The van der Waals surface area contributed by atoms with Crippen molar-refractivity contribution in [3.8, 4) is 0 Å². The molecule has 19 heavy (non-hydrogen) atoms. The van der Waals surface area contributed by atoms with Gasteiger partial charge in [-0.2, -0.15) is 0 Å². The molecule has 1 heterocycles. The lowest BCUT2D eigenvalue weighted by atomic mass is 9.82. The molecule has 1 aliphatic rings. The van der Waals surface area contributed by atoms with Gasteiger partial charge in [0.2, 0.25) is 0 Å². The third kappa shape index (κ3) is 4.29. The van der Waals surface area contributed by atoms with Gasteiger partial charge in [-0.25, -0.2) is 4.39 Å². The van der Waals surface area contributed by atoms with E-state index in [2.05, 4.69) is 18.7 Å². The molecule has 0 aliphatic carbocycles. The number of benzene rings is 1. The first-order valence-electron chi connectivity index (χ1n) is 7.20. The molecule has 1 atom stereocenters. The summed E-state index contributed by atoms with van der Waals surface area (Å²) in [6.45, 7) is 8.06. The summed E-state index contributed by atoms with van der Waals surface area (Å²) in [6, 6.07) is 6.56. The predicted octanol–water partition coefficient (Wildman–Crippen LogP) is 3.34. The second kappa shape index (κ2) is 6.02. The topological polar surface area (TPSA) is 29.3 Å². The summed E-state index contributed by atoms with van der Waals surface area (Å²) < 4.78 is 12.9. The number of halogens is 1. The van der Waals surface area contributed by atoms with Crippen molar-refractivity contribution in [3.63, 3.8) is 0 Å². The molecule has 0 spiro atoms. The molecule has 106 valence electrons. The van der Waals surface area contributed by atoms with Gasteiger partial charge in [0.05, 0.1) is 0 Å². The van der Waals surface area contributed by atoms with Crippen LogP contribution in [0.1, 0.15) is 44.7 Å². The molecule has 3 heteroatoms. The summed E-state index contributed by atoms with van der Waals surface area (Å²) in [5.41, 5.74) is 7.69. The van der Waals surface area contributed by atoms with Crippen molar-refractivity contribution in [3.05, 3.63) is 35.6 Å². The van der Waals surface area contributed by atoms with Gasteiger partial charge in [0, 0.05) is 6.04 Å². The van der Waals surface area contributed by atoms with Crippen LogP contribution in [0.25, 0.3) is 0 Å². The molecule has 0 saturated carbocycles. The zero-order valence-corrected chi connectivity index (χ0v) is 12.0. The molecular formula is C16H25FN2. The molecule has 0 radical (unpaired) electrons. The second-order valence-electron chi connectivity index (χ2n) is 6.45. The van der Waals surface area contributed by atoms with Crippen molar-refractivity contribution in [1.82, 2.24) is 4.90 Å². The Kier molecular flexibility index (Phi) is 4.58. The van der Waals surface area contributed by atoms with Crippen LogP contribution in [0, 0.1) is 11.2 Å². The first-order chi connectivity index (χ1) is 8.96. The van der Waals surface area contributed by atoms with E-state index in [0.29, 0.717) is 5.41 Å². The molecule has 1 aromatic carbocycles. The highest BCUT2D eigenvalue weighted by molar-refractivity contribution is 5.19. The Labute approximate surface area is 115 Å². The smallest absolute Gasteiger partial charge is 0.123 e. The van der Waals surface area contributed by atoms with Gasteiger partial charge < -0.3 is 10.6 Å². The lowest BCUT2D eigenvalue weighted by Gasteiger charge is -2.37. The van der Waals surface area contributed by atoms with Gasteiger partial charge in [0.15, 0.2) is 0 Å². The van der Waals surface area contributed by atoms with Crippen molar-refractivity contribution in [1.29, 1.82) is 0 Å². The summed E-state index contributed by atoms with van der Waals surface area (Å²) >= 11 is 0. The lowest BCUT2D eigenvalue weighted by molar-refractivity contribution is 0.129. The number of nitrogens with two attached hydrogens (primary N) is 1. The Bertz CT molecular complexity index is 390. The third-order valence-corrected chi connectivity index (χ3v) is 4.26. The zero-order valence-electron chi connectivity index (χ0n) is 12.0. The normalized spacial score (nSPS) is 21.3. The Morgan fingerprint density at radius 1 is 1.21 bits per heavy atom. The van der Waals surface area contributed by atoms with Crippen molar-refractivity contribution in [2.75, 3.05) is 19.6 Å². The Morgan fingerprint density at radius 3 is 2.37 bits per heavy atom. The van der Waals surface area contributed by atoms with Gasteiger partial charge in [-0.3, -0.25) is 0 Å². The minimum Gasteiger partial charge on any atom is -0.324 e. The maximum Gasteiger partial charge on any atom is 0.123 e. The van der Waals surface area contributed by atoms with Crippen LogP contribution in [0.3, 0.4) is 0 Å². The largest absolute Gasteiger partial charge is 0.324 e. The molecule has 1 saturated heterocycles. The first-order valence-corrected chi connectivity index (χ1v) is 7.20. The fourth-order valence-corrected chi connectivity index (χ4v) is 2.58. The molecule has 0 bridgehead atoms. The van der Waals surface area contributed by atoms with E-state index in [9.17, 15) is 4.39 Å². The van der Waals surface area contributed by atoms with Crippen molar-refractivity contribution in [2.45, 2.75) is 39.2 Å². The first kappa shape index (κ1) is 14.5. The number of hydrogen-bond acceptors (Lipinski definition) is 2. The minimum atomic E-state index is -0.200. The van der Waals surface area contributed by atoms with Gasteiger partial charge >= 0.3 is 0 Å². The maximum atomic E-state index is 12.9. The fraction of sp³-hybridized carbons (Fsp3) is 0.625. The summed E-state index contributed by atoms with van der Waals surface area (Å²) in [4.78, 5) is 2.49. The van der Waals surface area contributed by atoms with E-state index in [-0.39, 0.29) is 11.9 Å². The van der Waals surface area contributed by atoms with Crippen LogP contribution in [0.4, 0.5) is 4.39 Å². The van der Waals surface area contributed by atoms with Crippen LogP contribution in [0.15, 0.2) is 24.3 Å². The van der Waals surface area contributed by atoms with Crippen molar-refractivity contribution < 1.29 is 4.39 Å². The highest BCUT2D eigenvalue weighted by atomic mass is 19.1. The highest BCUT2D eigenvalue weighted by Gasteiger charge is 2.25. The average Bonchev–Trinajstić information content (AvgIpc) is 2.38. The molecule has 2 N–H and O–H groups in total. The number of nitrogens with zero attached hydrogens (tertiary/aromatic N) is 1. The molecule has 2 nitrogen and oxygen atoms in total. The number of hydrogen-bond donors (Lipinski definition) is 1. The molecule has 2 rings (SSSR count). The zero-order chi connectivity index (χ0) is 13.9. The number of piperidine rings is 1. The molecule has 0 aromatic heterocycles. The van der Waals surface area contributed by atoms with E-state index < -0.39 is 0 Å². The Morgan fingerprint density at radius 2 is 1.79 bits per heavy atom. The lowest BCUT2D eigenvalue weighted by Crippen LogP contribution is -2.38. The Hall–Kier alpha value is -0.930. The van der Waals surface area contributed by atoms with E-state index in [1.54, 1.807) is 12.1 Å². The number of rotatable bonds is 4. The van der Waals surface area contributed by atoms with Crippen LogP contribution in [-0.4, -0.2) is 24.5 Å². The maximum absolute atomic E-state index is 12.9. The van der Waals surface area contributed by atoms with E-state index in [1.165, 1.54) is 38.1 Å². The standard InChI is InChI=1S/C16H25FN2/c1-16(2)8-11-19(12-9-16)10-7-15(18)13-3-5-14(17)6-4-13/h3-6,15H,7-12,18H2,1-2H3. The fourth-order valence-electron chi connectivity index (χ4n) is 2.58. The van der Waals surface area contributed by atoms with Crippen LogP contribution >= 0.6 is 0 Å². The Balaban J connectivity index is 1.78. The minimum absolute atomic E-state index is 0.00976. The predicted molar refractivity (Wildman–Crippen MR) is 77.4 cm³/mol. The third-order valence-electron chi connectivity index (χ3n) is 4.26. The molecule has 0 amide bonds. The van der Waals surface area contributed by atoms with Crippen LogP contribution < -0.4 is 5.73 Å². The van der Waals surface area contributed by atoms with Gasteiger partial charge in [0.25, 0.3) is 0 Å². The summed E-state index contributed by atoms with van der Waals surface area (Å²) in [7, 11) is 0. The highest BCUT2D eigenvalue weighted by Crippen LogP contribution is 2.30. The molecular weight excluding hydrogens is 239 g/mol. The quantitative estimate of drug-likeness (QED) is 0.903. The van der Waals surface area contributed by atoms with Gasteiger partial charge in [-0.1, -0.05) is 26.0 Å². The molecule has 1 aliphatic heterocycles. The summed E-state index contributed by atoms with van der Waals surface area (Å²) in [6.07, 6.45) is 3.46. The van der Waals surface area contributed by atoms with E-state index in [0.717, 1.165) is 18.5 Å². The number of likely N-dealkylation sites (tertiary alicyclic amines) is 1. The van der Waals surface area contributed by atoms with E-state index in [1.807, 2.05) is 0 Å². The van der Waals surface area contributed by atoms with Crippen LogP contribution in [0.5, 0.6) is 0 Å². The van der Waals surface area contributed by atoms with Gasteiger partial charge in [0.1, 0.15) is 5.82 Å². The molecule has 1 fully saturated rings. The van der Waals surface area contributed by atoms with E-state index in [4.69, 9.17) is 5.73 Å². The van der Waals surface area contributed by atoms with Crippen LogP contribution in [-0.2, 0) is 0 Å². The monoisotopic (exact) mass is 264 g/mol. The average molecular weight is 264 g/mol. The van der Waals surface area contributed by atoms with Gasteiger partial charge in [-0.15, -0.1) is 0 Å². The summed E-state index contributed by atoms with van der Waals surface area (Å²) in [5.74, 6) is -0.200. The molecule has 1 aromatic rings. The molecule has 1 unspecified atom stereocenters. The van der Waals surface area contributed by atoms with Crippen LogP contribution in [0.2, 0.25) is 0 Å². The second-order valence-corrected chi connectivity index (χ2v) is 6.45.